The molecule has 1 aromatic rings. The first-order valence-corrected chi connectivity index (χ1v) is 9.12. The van der Waals surface area contributed by atoms with Crippen molar-refractivity contribution in [1.82, 2.24) is 10.6 Å². The predicted molar refractivity (Wildman–Crippen MR) is 102 cm³/mol. The molecule has 1 aromatic carbocycles. The molecule has 0 heterocycles. The van der Waals surface area contributed by atoms with Crippen LogP contribution in [0.5, 0.6) is 0 Å². The second kappa shape index (κ2) is 11.2. The Morgan fingerprint density at radius 3 is 2.30 bits per heavy atom. The first kappa shape index (κ1) is 22.5. The van der Waals surface area contributed by atoms with Crippen molar-refractivity contribution in [2.24, 2.45) is 0 Å². The highest BCUT2D eigenvalue weighted by Gasteiger charge is 2.21. The van der Waals surface area contributed by atoms with E-state index in [9.17, 15) is 14.4 Å². The lowest BCUT2D eigenvalue weighted by Gasteiger charge is -2.22. The van der Waals surface area contributed by atoms with Crippen LogP contribution in [0.15, 0.2) is 30.3 Å². The lowest BCUT2D eigenvalue weighted by molar-refractivity contribution is -0.119. The highest BCUT2D eigenvalue weighted by molar-refractivity contribution is 5.85. The van der Waals surface area contributed by atoms with Crippen LogP contribution in [-0.2, 0) is 20.9 Å². The number of rotatable bonds is 9. The number of carbonyl (C=O) groups excluding carboxylic acids is 3. The zero-order valence-corrected chi connectivity index (χ0v) is 16.5. The van der Waals surface area contributed by atoms with Gasteiger partial charge in [0.2, 0.25) is 0 Å². The Kier molecular flexibility index (Phi) is 9.33. The van der Waals surface area contributed by atoms with Crippen molar-refractivity contribution >= 4 is 18.0 Å². The largest absolute Gasteiger partial charge is 0.445 e. The molecule has 0 bridgehead atoms. The summed E-state index contributed by atoms with van der Waals surface area (Å²) < 4.78 is 10.3. The van der Waals surface area contributed by atoms with Crippen LogP contribution >= 0.6 is 0 Å². The lowest BCUT2D eigenvalue weighted by atomic mass is 10.1. The van der Waals surface area contributed by atoms with Crippen molar-refractivity contribution in [2.75, 3.05) is 6.54 Å². The number of benzene rings is 1. The van der Waals surface area contributed by atoms with Gasteiger partial charge in [-0.3, -0.25) is 4.79 Å². The summed E-state index contributed by atoms with van der Waals surface area (Å²) >= 11 is 0. The van der Waals surface area contributed by atoms with Crippen molar-refractivity contribution in [3.8, 4) is 0 Å². The SMILES string of the molecule is CC(=O)[C@@H](CCCCNC(=O)OCc1ccccc1)NC(=O)OC(C)(C)C. The van der Waals surface area contributed by atoms with Crippen LogP contribution in [0.2, 0.25) is 0 Å². The Bertz CT molecular complexity index is 611. The fraction of sp³-hybridized carbons (Fsp3) is 0.550. The number of Topliss-reactive ketones (excluding diaryl/α,β-unsaturated/α-hetero) is 1. The average Bonchev–Trinajstić information content (AvgIpc) is 2.57. The highest BCUT2D eigenvalue weighted by Crippen LogP contribution is 2.08. The third kappa shape index (κ3) is 10.9. The normalized spacial score (nSPS) is 12.0. The Morgan fingerprint density at radius 1 is 1.04 bits per heavy atom. The zero-order valence-electron chi connectivity index (χ0n) is 16.5. The first-order chi connectivity index (χ1) is 12.7. The van der Waals surface area contributed by atoms with Crippen LogP contribution < -0.4 is 10.6 Å². The summed E-state index contributed by atoms with van der Waals surface area (Å²) in [4.78, 5) is 35.1. The van der Waals surface area contributed by atoms with Crippen molar-refractivity contribution in [3.05, 3.63) is 35.9 Å². The third-order valence-electron chi connectivity index (χ3n) is 3.58. The molecular weight excluding hydrogens is 348 g/mol. The minimum atomic E-state index is -0.616. The number of carbonyl (C=O) groups is 3. The van der Waals surface area contributed by atoms with Gasteiger partial charge < -0.3 is 20.1 Å². The topological polar surface area (TPSA) is 93.7 Å². The molecule has 7 nitrogen and oxygen atoms in total. The number of hydrogen-bond acceptors (Lipinski definition) is 5. The summed E-state index contributed by atoms with van der Waals surface area (Å²) in [6.45, 7) is 7.37. The average molecular weight is 378 g/mol. The van der Waals surface area contributed by atoms with Crippen LogP contribution in [0, 0.1) is 0 Å². The van der Waals surface area contributed by atoms with Gasteiger partial charge in [-0.15, -0.1) is 0 Å². The Hall–Kier alpha value is -2.57. The minimum Gasteiger partial charge on any atom is -0.445 e. The van der Waals surface area contributed by atoms with Crippen LogP contribution in [0.1, 0.15) is 52.5 Å². The quantitative estimate of drug-likeness (QED) is 0.641. The zero-order chi connectivity index (χ0) is 20.3. The maximum absolute atomic E-state index is 11.8. The molecule has 0 aromatic heterocycles. The van der Waals surface area contributed by atoms with Gasteiger partial charge in [-0.25, -0.2) is 9.59 Å². The second-order valence-electron chi connectivity index (χ2n) is 7.29. The standard InChI is InChI=1S/C20H30N2O5/c1-15(23)17(22-19(25)27-20(2,3)4)12-8-9-13-21-18(24)26-14-16-10-6-5-7-11-16/h5-7,10-11,17H,8-9,12-14H2,1-4H3,(H,21,24)(H,22,25)/t17-/m1/s1. The molecule has 2 amide bonds. The van der Waals surface area contributed by atoms with Gasteiger partial charge in [0.05, 0.1) is 6.04 Å². The van der Waals surface area contributed by atoms with E-state index in [1.165, 1.54) is 6.92 Å². The van der Waals surface area contributed by atoms with Gasteiger partial charge in [0, 0.05) is 6.54 Å². The smallest absolute Gasteiger partial charge is 0.408 e. The van der Waals surface area contributed by atoms with Gasteiger partial charge in [0.25, 0.3) is 0 Å². The molecule has 2 N–H and O–H groups in total. The summed E-state index contributed by atoms with van der Waals surface area (Å²) in [6, 6.07) is 8.83. The van der Waals surface area contributed by atoms with Crippen LogP contribution in [0.4, 0.5) is 9.59 Å². The van der Waals surface area contributed by atoms with E-state index in [0.717, 1.165) is 5.56 Å². The van der Waals surface area contributed by atoms with Crippen molar-refractivity contribution in [1.29, 1.82) is 0 Å². The number of ketones is 1. The van der Waals surface area contributed by atoms with E-state index < -0.39 is 23.8 Å². The molecule has 0 aliphatic rings. The van der Waals surface area contributed by atoms with E-state index in [-0.39, 0.29) is 12.4 Å². The summed E-state index contributed by atoms with van der Waals surface area (Å²) in [5.74, 6) is -0.129. The molecule has 0 spiro atoms. The number of unbranched alkanes of at least 4 members (excludes halogenated alkanes) is 1. The van der Waals surface area contributed by atoms with E-state index in [1.54, 1.807) is 20.8 Å². The molecule has 0 saturated carbocycles. The molecule has 150 valence electrons. The Morgan fingerprint density at radius 2 is 1.70 bits per heavy atom. The van der Waals surface area contributed by atoms with E-state index in [2.05, 4.69) is 10.6 Å². The van der Waals surface area contributed by atoms with Gasteiger partial charge in [-0.1, -0.05) is 30.3 Å². The number of alkyl carbamates (subject to hydrolysis) is 2. The van der Waals surface area contributed by atoms with Gasteiger partial charge >= 0.3 is 12.2 Å². The molecule has 1 rings (SSSR count). The van der Waals surface area contributed by atoms with Crippen LogP contribution in [-0.4, -0.2) is 36.2 Å². The number of nitrogens with one attached hydrogen (secondary N) is 2. The summed E-state index contributed by atoms with van der Waals surface area (Å²) in [5, 5.41) is 5.26. The second-order valence-corrected chi connectivity index (χ2v) is 7.29. The molecular formula is C20H30N2O5. The number of ether oxygens (including phenoxy) is 2. The molecule has 7 heteroatoms. The Labute approximate surface area is 160 Å². The predicted octanol–water partition coefficient (Wildman–Crippen LogP) is 3.57. The minimum absolute atomic E-state index is 0.129. The first-order valence-electron chi connectivity index (χ1n) is 9.12. The molecule has 0 unspecified atom stereocenters. The molecule has 0 aliphatic heterocycles. The van der Waals surface area contributed by atoms with E-state index >= 15 is 0 Å². The Balaban J connectivity index is 2.21. The molecule has 0 fully saturated rings. The summed E-state index contributed by atoms with van der Waals surface area (Å²) in [7, 11) is 0. The van der Waals surface area contributed by atoms with Gasteiger partial charge in [-0.05, 0) is 52.5 Å². The van der Waals surface area contributed by atoms with Crippen molar-refractivity contribution in [2.45, 2.75) is 65.2 Å². The number of amides is 2. The maximum atomic E-state index is 11.8. The molecule has 1 atom stereocenters. The van der Waals surface area contributed by atoms with E-state index in [4.69, 9.17) is 9.47 Å². The van der Waals surface area contributed by atoms with E-state index in [0.29, 0.717) is 25.8 Å². The van der Waals surface area contributed by atoms with Crippen molar-refractivity contribution < 1.29 is 23.9 Å². The molecule has 0 aliphatic carbocycles. The van der Waals surface area contributed by atoms with Crippen LogP contribution in [0.25, 0.3) is 0 Å². The van der Waals surface area contributed by atoms with Gasteiger partial charge in [0.15, 0.2) is 5.78 Å². The highest BCUT2D eigenvalue weighted by atomic mass is 16.6. The van der Waals surface area contributed by atoms with Gasteiger partial charge in [0.1, 0.15) is 12.2 Å². The lowest BCUT2D eigenvalue weighted by Crippen LogP contribution is -2.42. The van der Waals surface area contributed by atoms with Crippen LogP contribution in [0.3, 0.4) is 0 Å². The summed E-state index contributed by atoms with van der Waals surface area (Å²) in [5.41, 5.74) is 0.306. The fourth-order valence-electron chi connectivity index (χ4n) is 2.26. The maximum Gasteiger partial charge on any atom is 0.408 e. The molecule has 0 radical (unpaired) electrons. The summed E-state index contributed by atoms with van der Waals surface area (Å²) in [6.07, 6.45) is 0.730. The third-order valence-corrected chi connectivity index (χ3v) is 3.58. The number of hydrogen-bond donors (Lipinski definition) is 2. The fourth-order valence-corrected chi connectivity index (χ4v) is 2.26. The van der Waals surface area contributed by atoms with Gasteiger partial charge in [-0.2, -0.15) is 0 Å². The molecule has 27 heavy (non-hydrogen) atoms. The molecule has 0 saturated heterocycles. The monoisotopic (exact) mass is 378 g/mol. The van der Waals surface area contributed by atoms with E-state index in [1.807, 2.05) is 30.3 Å². The van der Waals surface area contributed by atoms with Crippen molar-refractivity contribution in [3.63, 3.8) is 0 Å².